The van der Waals surface area contributed by atoms with Crippen LogP contribution in [-0.4, -0.2) is 54.6 Å². The number of nitrogens with one attached hydrogen (secondary N) is 1. The molecule has 1 aliphatic heterocycles. The number of aliphatic imine (C=N–C) groups is 1. The number of hydrogen-bond donors (Lipinski definition) is 1. The number of allylic oxidation sites excluding steroid dienone is 4. The third-order valence-corrected chi connectivity index (χ3v) is 6.95. The number of ether oxygens (including phenoxy) is 1. The van der Waals surface area contributed by atoms with Crippen molar-refractivity contribution < 1.29 is 9.53 Å². The fourth-order valence-electron chi connectivity index (χ4n) is 5.06. The van der Waals surface area contributed by atoms with Gasteiger partial charge in [-0.1, -0.05) is 49.1 Å². The Hall–Kier alpha value is -2.53. The van der Waals surface area contributed by atoms with Crippen LogP contribution < -0.4 is 0 Å². The molecule has 1 saturated carbocycles. The molecular formula is C28H37N3O2. The van der Waals surface area contributed by atoms with E-state index in [1.807, 2.05) is 29.2 Å². The van der Waals surface area contributed by atoms with Crippen LogP contribution in [-0.2, 0) is 4.74 Å². The second-order valence-electron chi connectivity index (χ2n) is 9.45. The fourth-order valence-corrected chi connectivity index (χ4v) is 5.06. The summed E-state index contributed by atoms with van der Waals surface area (Å²) in [4.78, 5) is 20.1. The van der Waals surface area contributed by atoms with E-state index in [0.29, 0.717) is 43.6 Å². The summed E-state index contributed by atoms with van der Waals surface area (Å²) in [6.45, 7) is 4.55. The zero-order valence-electron chi connectivity index (χ0n) is 19.9. The van der Waals surface area contributed by atoms with Gasteiger partial charge in [-0.05, 0) is 57.6 Å². The number of morpholine rings is 1. The molecule has 0 unspecified atom stereocenters. The van der Waals surface area contributed by atoms with Crippen molar-refractivity contribution in [3.63, 3.8) is 0 Å². The van der Waals surface area contributed by atoms with Crippen LogP contribution in [0.2, 0.25) is 0 Å². The Kier molecular flexibility index (Phi) is 8.27. The first kappa shape index (κ1) is 23.6. The van der Waals surface area contributed by atoms with Gasteiger partial charge in [-0.2, -0.15) is 0 Å². The van der Waals surface area contributed by atoms with Crippen LogP contribution >= 0.6 is 0 Å². The molecule has 3 aliphatic rings. The lowest BCUT2D eigenvalue weighted by molar-refractivity contribution is 0.0303. The van der Waals surface area contributed by atoms with Crippen molar-refractivity contribution in [2.45, 2.75) is 70.8 Å². The van der Waals surface area contributed by atoms with E-state index in [4.69, 9.17) is 9.73 Å². The largest absolute Gasteiger partial charge is 0.378 e. The van der Waals surface area contributed by atoms with Crippen molar-refractivity contribution in [2.75, 3.05) is 26.3 Å². The number of hydrogen-bond acceptors (Lipinski definition) is 4. The third kappa shape index (κ3) is 6.08. The Morgan fingerprint density at radius 1 is 1.06 bits per heavy atom. The van der Waals surface area contributed by atoms with E-state index in [9.17, 15) is 10.2 Å². The normalized spacial score (nSPS) is 24.3. The van der Waals surface area contributed by atoms with Crippen LogP contribution in [0.1, 0.15) is 80.6 Å². The van der Waals surface area contributed by atoms with Gasteiger partial charge in [-0.3, -0.25) is 15.2 Å². The minimum absolute atomic E-state index is 0.0205. The highest BCUT2D eigenvalue weighted by Crippen LogP contribution is 2.26. The Bertz CT molecular complexity index is 948. The molecule has 0 aromatic heterocycles. The monoisotopic (exact) mass is 447 g/mol. The van der Waals surface area contributed by atoms with Gasteiger partial charge < -0.3 is 9.64 Å². The van der Waals surface area contributed by atoms with Crippen LogP contribution in [0.5, 0.6) is 0 Å². The molecule has 0 radical (unpaired) electrons. The summed E-state index contributed by atoms with van der Waals surface area (Å²) >= 11 is 0. The highest BCUT2D eigenvalue weighted by atomic mass is 16.5. The van der Waals surface area contributed by atoms with Crippen molar-refractivity contribution in [1.82, 2.24) is 4.90 Å². The molecule has 1 saturated heterocycles. The molecule has 1 heterocycles. The SMILES string of the molecule is C/C1=C(\C(=N)c2cccc(C(=O)N3CCOCC3)c2)C(=NC2CCCCC2)CCCC=CC1. The van der Waals surface area contributed by atoms with E-state index >= 15 is 0 Å². The molecule has 1 N–H and O–H groups in total. The number of rotatable bonds is 4. The van der Waals surface area contributed by atoms with Crippen LogP contribution in [0.4, 0.5) is 0 Å². The van der Waals surface area contributed by atoms with E-state index in [0.717, 1.165) is 55.4 Å². The molecular weight excluding hydrogens is 410 g/mol. The molecule has 1 aromatic carbocycles. The van der Waals surface area contributed by atoms with Gasteiger partial charge >= 0.3 is 0 Å². The molecule has 1 aromatic rings. The predicted molar refractivity (Wildman–Crippen MR) is 135 cm³/mol. The second-order valence-corrected chi connectivity index (χ2v) is 9.45. The molecule has 5 heteroatoms. The summed E-state index contributed by atoms with van der Waals surface area (Å²) in [7, 11) is 0. The fraction of sp³-hybridized carbons (Fsp3) is 0.536. The summed E-state index contributed by atoms with van der Waals surface area (Å²) < 4.78 is 5.39. The molecule has 2 fully saturated rings. The molecule has 0 atom stereocenters. The average molecular weight is 448 g/mol. The molecule has 33 heavy (non-hydrogen) atoms. The molecule has 0 spiro atoms. The van der Waals surface area contributed by atoms with Crippen LogP contribution in [0.25, 0.3) is 0 Å². The summed E-state index contributed by atoms with van der Waals surface area (Å²) in [6, 6.07) is 7.99. The van der Waals surface area contributed by atoms with Crippen molar-refractivity contribution >= 4 is 17.3 Å². The lowest BCUT2D eigenvalue weighted by atomic mass is 9.89. The summed E-state index contributed by atoms with van der Waals surface area (Å²) in [6.07, 6.45) is 14.5. The van der Waals surface area contributed by atoms with E-state index in [2.05, 4.69) is 19.1 Å². The first-order valence-corrected chi connectivity index (χ1v) is 12.6. The molecule has 4 rings (SSSR count). The van der Waals surface area contributed by atoms with Crippen molar-refractivity contribution in [3.05, 3.63) is 58.7 Å². The van der Waals surface area contributed by atoms with Gasteiger partial charge in [-0.15, -0.1) is 0 Å². The number of carbonyl (C=O) groups excluding carboxylic acids is 1. The molecule has 176 valence electrons. The van der Waals surface area contributed by atoms with Gasteiger partial charge in [0.2, 0.25) is 0 Å². The van der Waals surface area contributed by atoms with Crippen molar-refractivity contribution in [3.8, 4) is 0 Å². The number of carbonyl (C=O) groups is 1. The minimum Gasteiger partial charge on any atom is -0.378 e. The number of amides is 1. The minimum atomic E-state index is 0.0205. The standard InChI is InChI=1S/C28H37N3O2/c1-21-10-5-2-3-8-15-25(30-24-13-6-4-7-14-24)26(21)27(29)22-11-9-12-23(20-22)28(32)31-16-18-33-19-17-31/h2,5,9,11-12,20,24,29H,3-4,6-8,10,13-19H2,1H3/b5-2?,26-21+,29-27?,30-25?. The Morgan fingerprint density at radius 3 is 2.61 bits per heavy atom. The Morgan fingerprint density at radius 2 is 1.82 bits per heavy atom. The van der Waals surface area contributed by atoms with Gasteiger partial charge in [0, 0.05) is 35.5 Å². The van der Waals surface area contributed by atoms with Gasteiger partial charge in [0.25, 0.3) is 5.91 Å². The molecule has 1 amide bonds. The van der Waals surface area contributed by atoms with Gasteiger partial charge in [0.1, 0.15) is 0 Å². The van der Waals surface area contributed by atoms with Crippen LogP contribution in [0.15, 0.2) is 52.6 Å². The Balaban J connectivity index is 1.65. The van der Waals surface area contributed by atoms with Gasteiger partial charge in [-0.25, -0.2) is 0 Å². The number of nitrogens with zero attached hydrogens (tertiary/aromatic N) is 2. The molecule has 0 bridgehead atoms. The molecule has 2 aliphatic carbocycles. The first-order valence-electron chi connectivity index (χ1n) is 12.6. The van der Waals surface area contributed by atoms with Gasteiger partial charge in [0.05, 0.1) is 25.0 Å². The van der Waals surface area contributed by atoms with Crippen LogP contribution in [0, 0.1) is 5.41 Å². The van der Waals surface area contributed by atoms with Crippen LogP contribution in [0.3, 0.4) is 0 Å². The highest BCUT2D eigenvalue weighted by Gasteiger charge is 2.23. The smallest absolute Gasteiger partial charge is 0.254 e. The first-order chi connectivity index (χ1) is 16.1. The lowest BCUT2D eigenvalue weighted by Gasteiger charge is -2.27. The summed E-state index contributed by atoms with van der Waals surface area (Å²) in [5, 5.41) is 9.22. The number of benzene rings is 1. The summed E-state index contributed by atoms with van der Waals surface area (Å²) in [5.41, 5.74) is 5.21. The zero-order chi connectivity index (χ0) is 23.0. The maximum atomic E-state index is 13.0. The quantitative estimate of drug-likeness (QED) is 0.472. The maximum Gasteiger partial charge on any atom is 0.254 e. The highest BCUT2D eigenvalue weighted by molar-refractivity contribution is 6.29. The second kappa shape index (κ2) is 11.6. The predicted octanol–water partition coefficient (Wildman–Crippen LogP) is 5.75. The van der Waals surface area contributed by atoms with Crippen molar-refractivity contribution in [2.24, 2.45) is 4.99 Å². The topological polar surface area (TPSA) is 65.8 Å². The lowest BCUT2D eigenvalue weighted by Crippen LogP contribution is -2.40. The van der Waals surface area contributed by atoms with Gasteiger partial charge in [0.15, 0.2) is 0 Å². The maximum absolute atomic E-state index is 13.0. The summed E-state index contributed by atoms with van der Waals surface area (Å²) in [5.74, 6) is 0.0205. The zero-order valence-corrected chi connectivity index (χ0v) is 19.9. The van der Waals surface area contributed by atoms with E-state index in [-0.39, 0.29) is 5.91 Å². The van der Waals surface area contributed by atoms with Crippen molar-refractivity contribution in [1.29, 1.82) is 5.41 Å². The Labute approximate surface area is 198 Å². The molecule has 5 nitrogen and oxygen atoms in total. The van der Waals surface area contributed by atoms with E-state index < -0.39 is 0 Å². The average Bonchev–Trinajstić information content (AvgIpc) is 2.95. The van der Waals surface area contributed by atoms with E-state index in [1.165, 1.54) is 24.8 Å². The third-order valence-electron chi connectivity index (χ3n) is 6.95. The van der Waals surface area contributed by atoms with E-state index in [1.54, 1.807) is 0 Å².